The minimum Gasteiger partial charge on any atom is -0.330 e. The van der Waals surface area contributed by atoms with Crippen molar-refractivity contribution >= 4 is 0 Å². The number of pyridine rings is 1. The van der Waals surface area contributed by atoms with E-state index in [0.717, 1.165) is 12.1 Å². The van der Waals surface area contributed by atoms with Crippen LogP contribution in [0.2, 0.25) is 0 Å². The number of nitrogens with zero attached hydrogens (tertiary/aromatic N) is 1. The highest BCUT2D eigenvalue weighted by atomic mass is 14.8. The molecule has 0 aliphatic rings. The van der Waals surface area contributed by atoms with Crippen molar-refractivity contribution in [3.05, 3.63) is 30.1 Å². The molecule has 0 amide bonds. The lowest BCUT2D eigenvalue weighted by atomic mass is 9.85. The first-order valence-electron chi connectivity index (χ1n) is 4.92. The zero-order valence-electron chi connectivity index (χ0n) is 8.90. The Morgan fingerprint density at radius 1 is 1.43 bits per heavy atom. The molecule has 0 spiro atoms. The highest BCUT2D eigenvalue weighted by Crippen LogP contribution is 2.26. The number of aromatic nitrogens is 1. The van der Waals surface area contributed by atoms with Gasteiger partial charge in [-0.15, -0.1) is 0 Å². The zero-order chi connectivity index (χ0) is 10.6. The van der Waals surface area contributed by atoms with Gasteiger partial charge in [-0.2, -0.15) is 0 Å². The third-order valence-electron chi connectivity index (χ3n) is 2.39. The van der Waals surface area contributed by atoms with Crippen LogP contribution in [-0.4, -0.2) is 11.5 Å². The van der Waals surface area contributed by atoms with E-state index in [1.807, 2.05) is 18.2 Å². The molecule has 78 valence electrons. The largest absolute Gasteiger partial charge is 0.330 e. The first-order chi connectivity index (χ1) is 6.55. The van der Waals surface area contributed by atoms with Crippen LogP contribution in [0.4, 0.5) is 0 Å². The molecule has 14 heavy (non-hydrogen) atoms. The Bertz CT molecular complexity index is 269. The van der Waals surface area contributed by atoms with E-state index in [-0.39, 0.29) is 11.5 Å². The Morgan fingerprint density at radius 3 is 2.64 bits per heavy atom. The summed E-state index contributed by atoms with van der Waals surface area (Å²) < 4.78 is 0. The highest BCUT2D eigenvalue weighted by Gasteiger charge is 2.20. The summed E-state index contributed by atoms with van der Waals surface area (Å²) in [6, 6.07) is 5.79. The molecule has 1 rings (SSSR count). The van der Waals surface area contributed by atoms with Crippen LogP contribution in [0.1, 0.15) is 32.0 Å². The van der Waals surface area contributed by atoms with Crippen LogP contribution in [0.15, 0.2) is 24.4 Å². The van der Waals surface area contributed by atoms with E-state index >= 15 is 0 Å². The summed E-state index contributed by atoms with van der Waals surface area (Å²) in [5.41, 5.74) is 12.7. The maximum Gasteiger partial charge on any atom is 0.0571 e. The van der Waals surface area contributed by atoms with E-state index in [0.29, 0.717) is 6.54 Å². The Balaban J connectivity index is 2.64. The van der Waals surface area contributed by atoms with Crippen LogP contribution in [-0.2, 0) is 0 Å². The number of nitrogens with two attached hydrogens (primary N) is 2. The van der Waals surface area contributed by atoms with Gasteiger partial charge in [0.1, 0.15) is 0 Å². The molecule has 0 aliphatic carbocycles. The molecule has 1 unspecified atom stereocenters. The fourth-order valence-electron chi connectivity index (χ4n) is 1.38. The molecular weight excluding hydrogens is 174 g/mol. The maximum atomic E-state index is 6.04. The van der Waals surface area contributed by atoms with Crippen LogP contribution in [0.25, 0.3) is 0 Å². The Labute approximate surface area is 85.5 Å². The molecule has 0 fully saturated rings. The Morgan fingerprint density at radius 2 is 2.14 bits per heavy atom. The predicted molar refractivity (Wildman–Crippen MR) is 58.6 cm³/mol. The van der Waals surface area contributed by atoms with Crippen molar-refractivity contribution < 1.29 is 0 Å². The summed E-state index contributed by atoms with van der Waals surface area (Å²) >= 11 is 0. The van der Waals surface area contributed by atoms with Crippen LogP contribution < -0.4 is 11.5 Å². The molecule has 0 saturated heterocycles. The molecule has 0 saturated carbocycles. The molecule has 1 atom stereocenters. The molecular formula is C11H19N3. The number of hydrogen-bond donors (Lipinski definition) is 2. The van der Waals surface area contributed by atoms with Gasteiger partial charge in [0.05, 0.1) is 5.69 Å². The smallest absolute Gasteiger partial charge is 0.0571 e. The average Bonchev–Trinajstić information content (AvgIpc) is 2.19. The van der Waals surface area contributed by atoms with E-state index in [2.05, 4.69) is 18.8 Å². The first-order valence-corrected chi connectivity index (χ1v) is 4.92. The van der Waals surface area contributed by atoms with Gasteiger partial charge in [-0.05, 0) is 30.5 Å². The van der Waals surface area contributed by atoms with Gasteiger partial charge in [0.25, 0.3) is 0 Å². The second kappa shape index (κ2) is 4.53. The first kappa shape index (κ1) is 11.1. The normalized spacial score (nSPS) is 14.0. The second-order valence-electron chi connectivity index (χ2n) is 4.43. The summed E-state index contributed by atoms with van der Waals surface area (Å²) in [5, 5.41) is 0. The Hall–Kier alpha value is -0.930. The predicted octanol–water partition coefficient (Wildman–Crippen LogP) is 1.46. The van der Waals surface area contributed by atoms with E-state index in [9.17, 15) is 0 Å². The second-order valence-corrected chi connectivity index (χ2v) is 4.43. The van der Waals surface area contributed by atoms with Crippen LogP contribution in [0, 0.1) is 5.41 Å². The molecule has 1 aromatic heterocycles. The summed E-state index contributed by atoms with van der Waals surface area (Å²) in [5.74, 6) is 0. The van der Waals surface area contributed by atoms with Crippen molar-refractivity contribution in [3.63, 3.8) is 0 Å². The molecule has 0 aliphatic heterocycles. The van der Waals surface area contributed by atoms with E-state index in [4.69, 9.17) is 11.5 Å². The van der Waals surface area contributed by atoms with Crippen molar-refractivity contribution in [1.82, 2.24) is 4.98 Å². The van der Waals surface area contributed by atoms with E-state index < -0.39 is 0 Å². The van der Waals surface area contributed by atoms with Gasteiger partial charge in [-0.3, -0.25) is 4.98 Å². The van der Waals surface area contributed by atoms with Gasteiger partial charge in [0.2, 0.25) is 0 Å². The summed E-state index contributed by atoms with van der Waals surface area (Å²) in [4.78, 5) is 4.23. The highest BCUT2D eigenvalue weighted by molar-refractivity contribution is 5.08. The average molecular weight is 193 g/mol. The lowest BCUT2D eigenvalue weighted by Gasteiger charge is -2.25. The SMILES string of the molecule is CC(C)(CN)CC(N)c1ccccn1. The fraction of sp³-hybridized carbons (Fsp3) is 0.545. The van der Waals surface area contributed by atoms with Crippen molar-refractivity contribution in [3.8, 4) is 0 Å². The van der Waals surface area contributed by atoms with Gasteiger partial charge < -0.3 is 11.5 Å². The van der Waals surface area contributed by atoms with Crippen molar-refractivity contribution in [2.45, 2.75) is 26.3 Å². The van der Waals surface area contributed by atoms with E-state index in [1.54, 1.807) is 6.20 Å². The van der Waals surface area contributed by atoms with Gasteiger partial charge in [0, 0.05) is 12.2 Å². The third kappa shape index (κ3) is 3.09. The van der Waals surface area contributed by atoms with E-state index in [1.165, 1.54) is 0 Å². The fourth-order valence-corrected chi connectivity index (χ4v) is 1.38. The van der Waals surface area contributed by atoms with Gasteiger partial charge in [0.15, 0.2) is 0 Å². The van der Waals surface area contributed by atoms with Crippen LogP contribution >= 0.6 is 0 Å². The molecule has 0 bridgehead atoms. The standard InChI is InChI=1S/C11H19N3/c1-11(2,8-12)7-9(13)10-5-3-4-6-14-10/h3-6,9H,7-8,12-13H2,1-2H3. The molecule has 3 heteroatoms. The summed E-state index contributed by atoms with van der Waals surface area (Å²) in [6.45, 7) is 4.89. The van der Waals surface area contributed by atoms with Crippen molar-refractivity contribution in [2.75, 3.05) is 6.54 Å². The molecule has 1 heterocycles. The number of hydrogen-bond acceptors (Lipinski definition) is 3. The molecule has 3 nitrogen and oxygen atoms in total. The maximum absolute atomic E-state index is 6.04. The topological polar surface area (TPSA) is 64.9 Å². The zero-order valence-corrected chi connectivity index (χ0v) is 8.90. The van der Waals surface area contributed by atoms with Crippen LogP contribution in [0.3, 0.4) is 0 Å². The monoisotopic (exact) mass is 193 g/mol. The molecule has 0 radical (unpaired) electrons. The third-order valence-corrected chi connectivity index (χ3v) is 2.39. The van der Waals surface area contributed by atoms with Gasteiger partial charge >= 0.3 is 0 Å². The lowest BCUT2D eigenvalue weighted by Crippen LogP contribution is -2.28. The minimum absolute atomic E-state index is 0.0188. The molecule has 1 aromatic rings. The summed E-state index contributed by atoms with van der Waals surface area (Å²) in [6.07, 6.45) is 2.63. The van der Waals surface area contributed by atoms with Gasteiger partial charge in [-0.1, -0.05) is 19.9 Å². The Kier molecular flexibility index (Phi) is 3.61. The summed E-state index contributed by atoms with van der Waals surface area (Å²) in [7, 11) is 0. The molecule has 4 N–H and O–H groups in total. The number of rotatable bonds is 4. The van der Waals surface area contributed by atoms with Gasteiger partial charge in [-0.25, -0.2) is 0 Å². The quantitative estimate of drug-likeness (QED) is 0.760. The molecule has 0 aromatic carbocycles. The lowest BCUT2D eigenvalue weighted by molar-refractivity contribution is 0.315. The van der Waals surface area contributed by atoms with Crippen molar-refractivity contribution in [2.24, 2.45) is 16.9 Å². The van der Waals surface area contributed by atoms with Crippen LogP contribution in [0.5, 0.6) is 0 Å². The van der Waals surface area contributed by atoms with Crippen molar-refractivity contribution in [1.29, 1.82) is 0 Å². The minimum atomic E-state index is -0.0188.